The third kappa shape index (κ3) is 4.56. The predicted molar refractivity (Wildman–Crippen MR) is 78.5 cm³/mol. The first-order valence-electron chi connectivity index (χ1n) is 7.27. The van der Waals surface area contributed by atoms with Crippen molar-refractivity contribution in [1.82, 2.24) is 15.2 Å². The van der Waals surface area contributed by atoms with E-state index in [1.54, 1.807) is 4.90 Å². The highest BCUT2D eigenvalue weighted by Gasteiger charge is 2.27. The van der Waals surface area contributed by atoms with Crippen molar-refractivity contribution in [3.05, 3.63) is 24.0 Å². The van der Waals surface area contributed by atoms with E-state index in [0.29, 0.717) is 6.04 Å². The number of nitrogens with one attached hydrogen (secondary N) is 2. The van der Waals surface area contributed by atoms with E-state index in [-0.39, 0.29) is 6.09 Å². The van der Waals surface area contributed by atoms with Gasteiger partial charge in [-0.1, -0.05) is 0 Å². The highest BCUT2D eigenvalue weighted by molar-refractivity contribution is 5.68. The maximum absolute atomic E-state index is 12.1. The lowest BCUT2D eigenvalue weighted by Gasteiger charge is -2.34. The van der Waals surface area contributed by atoms with Gasteiger partial charge in [0.1, 0.15) is 5.60 Å². The van der Waals surface area contributed by atoms with Gasteiger partial charge in [-0.25, -0.2) is 4.79 Å². The Kier molecular flexibility index (Phi) is 4.70. The number of ether oxygens (including phenoxy) is 1. The summed E-state index contributed by atoms with van der Waals surface area (Å²) >= 11 is 0. The minimum Gasteiger partial charge on any atom is -0.444 e. The normalized spacial score (nSPS) is 19.9. The number of hydrogen-bond acceptors (Lipinski definition) is 3. The van der Waals surface area contributed by atoms with Crippen LogP contribution >= 0.6 is 0 Å². The van der Waals surface area contributed by atoms with Crippen molar-refractivity contribution in [2.75, 3.05) is 13.1 Å². The Morgan fingerprint density at radius 3 is 3.00 bits per heavy atom. The quantitative estimate of drug-likeness (QED) is 0.894. The summed E-state index contributed by atoms with van der Waals surface area (Å²) in [6, 6.07) is 4.38. The van der Waals surface area contributed by atoms with E-state index in [1.807, 2.05) is 33.0 Å². The highest BCUT2D eigenvalue weighted by atomic mass is 16.6. The third-order valence-corrected chi connectivity index (χ3v) is 3.32. The van der Waals surface area contributed by atoms with Crippen LogP contribution in [-0.4, -0.2) is 40.7 Å². The predicted octanol–water partition coefficient (Wildman–Crippen LogP) is 2.50. The van der Waals surface area contributed by atoms with Crippen LogP contribution in [0.25, 0.3) is 0 Å². The zero-order valence-corrected chi connectivity index (χ0v) is 12.6. The minimum atomic E-state index is -0.429. The number of aromatic amines is 1. The summed E-state index contributed by atoms with van der Waals surface area (Å²) in [4.78, 5) is 17.0. The number of piperidine rings is 1. The van der Waals surface area contributed by atoms with Gasteiger partial charge in [0.2, 0.25) is 0 Å². The molecule has 1 amide bonds. The molecule has 112 valence electrons. The van der Waals surface area contributed by atoms with Gasteiger partial charge >= 0.3 is 6.09 Å². The fraction of sp³-hybridized carbons (Fsp3) is 0.667. The van der Waals surface area contributed by atoms with Gasteiger partial charge < -0.3 is 19.9 Å². The van der Waals surface area contributed by atoms with Crippen molar-refractivity contribution in [2.24, 2.45) is 0 Å². The molecule has 2 heterocycles. The molecule has 1 aliphatic rings. The number of amides is 1. The Balaban J connectivity index is 1.80. The van der Waals surface area contributed by atoms with E-state index in [0.717, 1.165) is 32.5 Å². The molecule has 20 heavy (non-hydrogen) atoms. The number of hydrogen-bond donors (Lipinski definition) is 2. The second-order valence-corrected chi connectivity index (χ2v) is 6.34. The van der Waals surface area contributed by atoms with Crippen molar-refractivity contribution < 1.29 is 9.53 Å². The lowest BCUT2D eigenvalue weighted by molar-refractivity contribution is 0.0187. The van der Waals surface area contributed by atoms with Crippen LogP contribution in [0.4, 0.5) is 4.79 Å². The average Bonchev–Trinajstić information content (AvgIpc) is 2.88. The number of H-pyrrole nitrogens is 1. The second kappa shape index (κ2) is 6.31. The Hall–Kier alpha value is -1.49. The molecule has 5 heteroatoms. The molecule has 1 unspecified atom stereocenters. The monoisotopic (exact) mass is 279 g/mol. The van der Waals surface area contributed by atoms with Gasteiger partial charge in [-0.2, -0.15) is 0 Å². The van der Waals surface area contributed by atoms with Gasteiger partial charge in [0.25, 0.3) is 0 Å². The molecule has 1 aromatic heterocycles. The summed E-state index contributed by atoms with van der Waals surface area (Å²) in [6.45, 7) is 8.01. The Morgan fingerprint density at radius 1 is 1.55 bits per heavy atom. The lowest BCUT2D eigenvalue weighted by atomic mass is 10.1. The third-order valence-electron chi connectivity index (χ3n) is 3.32. The van der Waals surface area contributed by atoms with E-state index in [1.165, 1.54) is 5.69 Å². The van der Waals surface area contributed by atoms with Crippen LogP contribution in [0, 0.1) is 0 Å². The van der Waals surface area contributed by atoms with Crippen LogP contribution in [0.2, 0.25) is 0 Å². The summed E-state index contributed by atoms with van der Waals surface area (Å²) in [5.41, 5.74) is 0.737. The van der Waals surface area contributed by atoms with Crippen molar-refractivity contribution >= 4 is 6.09 Å². The molecule has 1 aromatic rings. The molecule has 1 aliphatic heterocycles. The van der Waals surface area contributed by atoms with Gasteiger partial charge in [-0.3, -0.25) is 0 Å². The first kappa shape index (κ1) is 14.9. The topological polar surface area (TPSA) is 57.4 Å². The van der Waals surface area contributed by atoms with Crippen LogP contribution in [0.15, 0.2) is 18.3 Å². The fourth-order valence-electron chi connectivity index (χ4n) is 2.37. The molecule has 1 fully saturated rings. The highest BCUT2D eigenvalue weighted by Crippen LogP contribution is 2.15. The Bertz CT molecular complexity index is 423. The van der Waals surface area contributed by atoms with E-state index < -0.39 is 5.60 Å². The van der Waals surface area contributed by atoms with Gasteiger partial charge in [0.15, 0.2) is 0 Å². The molecule has 0 saturated carbocycles. The van der Waals surface area contributed by atoms with Gasteiger partial charge in [0.05, 0.1) is 0 Å². The molecule has 1 saturated heterocycles. The largest absolute Gasteiger partial charge is 0.444 e. The van der Waals surface area contributed by atoms with Gasteiger partial charge in [-0.15, -0.1) is 0 Å². The van der Waals surface area contributed by atoms with E-state index >= 15 is 0 Å². The van der Waals surface area contributed by atoms with Crippen LogP contribution in [0.3, 0.4) is 0 Å². The number of aromatic nitrogens is 1. The Morgan fingerprint density at radius 2 is 2.35 bits per heavy atom. The second-order valence-electron chi connectivity index (χ2n) is 6.34. The zero-order chi connectivity index (χ0) is 14.6. The maximum atomic E-state index is 12.1. The molecule has 0 bridgehead atoms. The molecule has 0 spiro atoms. The van der Waals surface area contributed by atoms with Crippen LogP contribution in [0.5, 0.6) is 0 Å². The first-order chi connectivity index (χ1) is 9.44. The van der Waals surface area contributed by atoms with Crippen molar-refractivity contribution in [3.8, 4) is 0 Å². The van der Waals surface area contributed by atoms with Crippen molar-refractivity contribution in [1.29, 1.82) is 0 Å². The lowest BCUT2D eigenvalue weighted by Crippen LogP contribution is -2.49. The van der Waals surface area contributed by atoms with Crippen LogP contribution < -0.4 is 5.32 Å². The van der Waals surface area contributed by atoms with E-state index in [4.69, 9.17) is 4.74 Å². The summed E-state index contributed by atoms with van der Waals surface area (Å²) < 4.78 is 5.43. The number of carbonyl (C=O) groups excluding carboxylic acids is 1. The standard InChI is InChI=1S/C15H25N3O2/c1-15(2,3)20-14(19)18-9-5-7-13(11-18)17-10-12-6-4-8-16-12/h4,6,8,13,16-17H,5,7,9-11H2,1-3H3. The number of carbonyl (C=O) groups is 1. The van der Waals surface area contributed by atoms with Crippen molar-refractivity contribution in [2.45, 2.75) is 51.8 Å². The number of nitrogens with zero attached hydrogens (tertiary/aromatic N) is 1. The minimum absolute atomic E-state index is 0.205. The van der Waals surface area contributed by atoms with Crippen LogP contribution in [0.1, 0.15) is 39.3 Å². The average molecular weight is 279 g/mol. The smallest absolute Gasteiger partial charge is 0.410 e. The summed E-state index contributed by atoms with van der Waals surface area (Å²) in [5, 5.41) is 3.49. The first-order valence-corrected chi connectivity index (χ1v) is 7.27. The molecule has 2 rings (SSSR count). The summed E-state index contributed by atoms with van der Waals surface area (Å²) in [7, 11) is 0. The van der Waals surface area contributed by atoms with E-state index in [9.17, 15) is 4.79 Å². The molecule has 0 radical (unpaired) electrons. The van der Waals surface area contributed by atoms with Crippen LogP contribution in [-0.2, 0) is 11.3 Å². The van der Waals surface area contributed by atoms with Crippen molar-refractivity contribution in [3.63, 3.8) is 0 Å². The molecular weight excluding hydrogens is 254 g/mol. The zero-order valence-electron chi connectivity index (χ0n) is 12.6. The molecular formula is C15H25N3O2. The summed E-state index contributed by atoms with van der Waals surface area (Å²) in [5.74, 6) is 0. The maximum Gasteiger partial charge on any atom is 0.410 e. The number of likely N-dealkylation sites (tertiary alicyclic amines) is 1. The molecule has 1 atom stereocenters. The fourth-order valence-corrected chi connectivity index (χ4v) is 2.37. The number of rotatable bonds is 3. The summed E-state index contributed by atoms with van der Waals surface area (Å²) in [6.07, 6.45) is 3.83. The van der Waals surface area contributed by atoms with Gasteiger partial charge in [-0.05, 0) is 45.7 Å². The molecule has 2 N–H and O–H groups in total. The molecule has 0 aromatic carbocycles. The molecule has 0 aliphatic carbocycles. The Labute approximate surface area is 120 Å². The SMILES string of the molecule is CC(C)(C)OC(=O)N1CCCC(NCc2ccc[nH]2)C1. The van der Waals surface area contributed by atoms with Gasteiger partial charge in [0, 0.05) is 37.6 Å². The van der Waals surface area contributed by atoms with E-state index in [2.05, 4.69) is 16.4 Å². The molecule has 5 nitrogen and oxygen atoms in total.